The van der Waals surface area contributed by atoms with Gasteiger partial charge in [-0.05, 0) is 33.1 Å². The first-order valence-electron chi connectivity index (χ1n) is 6.31. The third-order valence-electron chi connectivity index (χ3n) is 4.20. The van der Waals surface area contributed by atoms with Crippen molar-refractivity contribution in [1.29, 1.82) is 0 Å². The van der Waals surface area contributed by atoms with Crippen LogP contribution in [0.5, 0.6) is 0 Å². The lowest BCUT2D eigenvalue weighted by Crippen LogP contribution is -2.47. The fourth-order valence-corrected chi connectivity index (χ4v) is 3.21. The number of hydrogen-bond donors (Lipinski definition) is 1. The molecule has 1 saturated heterocycles. The molecular formula is C13H22O4. The molecule has 0 amide bonds. The quantitative estimate of drug-likeness (QED) is 0.762. The average Bonchev–Trinajstić information content (AvgIpc) is 2.81. The molecule has 0 aromatic carbocycles. The molecule has 2 aliphatic rings. The Hall–Kier alpha value is -0.610. The molecule has 3 atom stereocenters. The Morgan fingerprint density at radius 2 is 2.12 bits per heavy atom. The zero-order valence-corrected chi connectivity index (χ0v) is 11.1. The maximum Gasteiger partial charge on any atom is 0.315 e. The van der Waals surface area contributed by atoms with E-state index < -0.39 is 11.0 Å². The van der Waals surface area contributed by atoms with Gasteiger partial charge in [-0.2, -0.15) is 0 Å². The first-order valence-corrected chi connectivity index (χ1v) is 6.31. The Labute approximate surface area is 102 Å². The van der Waals surface area contributed by atoms with Crippen molar-refractivity contribution in [3.63, 3.8) is 0 Å². The van der Waals surface area contributed by atoms with E-state index in [1.54, 1.807) is 6.92 Å². The van der Waals surface area contributed by atoms with Gasteiger partial charge >= 0.3 is 5.97 Å². The summed E-state index contributed by atoms with van der Waals surface area (Å²) >= 11 is 0. The van der Waals surface area contributed by atoms with Gasteiger partial charge in [-0.3, -0.25) is 4.79 Å². The van der Waals surface area contributed by atoms with Crippen molar-refractivity contribution in [3.8, 4) is 0 Å². The van der Waals surface area contributed by atoms with Crippen molar-refractivity contribution >= 4 is 5.97 Å². The molecule has 0 radical (unpaired) electrons. The van der Waals surface area contributed by atoms with E-state index in [1.807, 2.05) is 20.8 Å². The van der Waals surface area contributed by atoms with E-state index in [0.717, 1.165) is 0 Å². The Morgan fingerprint density at radius 3 is 2.47 bits per heavy atom. The molecule has 98 valence electrons. The summed E-state index contributed by atoms with van der Waals surface area (Å²) in [6.45, 7) is 8.24. The summed E-state index contributed by atoms with van der Waals surface area (Å²) in [5, 5.41) is 10.8. The maximum atomic E-state index is 12.1. The number of hydrogen-bond acceptors (Lipinski definition) is 4. The Balaban J connectivity index is 2.23. The second-order valence-electron chi connectivity index (χ2n) is 6.05. The molecule has 1 heterocycles. The maximum absolute atomic E-state index is 12.1. The summed E-state index contributed by atoms with van der Waals surface area (Å²) in [4.78, 5) is 12.1. The molecule has 1 saturated carbocycles. The van der Waals surface area contributed by atoms with E-state index in [2.05, 4.69) is 0 Å². The minimum absolute atomic E-state index is 0.170. The average molecular weight is 242 g/mol. The van der Waals surface area contributed by atoms with Crippen molar-refractivity contribution in [1.82, 2.24) is 0 Å². The van der Waals surface area contributed by atoms with Crippen LogP contribution in [-0.4, -0.2) is 35.5 Å². The molecule has 17 heavy (non-hydrogen) atoms. The highest BCUT2D eigenvalue weighted by molar-refractivity contribution is 5.82. The molecule has 0 aromatic rings. The van der Waals surface area contributed by atoms with Gasteiger partial charge in [0.2, 0.25) is 0 Å². The predicted molar refractivity (Wildman–Crippen MR) is 62.4 cm³/mol. The first kappa shape index (κ1) is 12.8. The lowest BCUT2D eigenvalue weighted by Gasteiger charge is -2.31. The highest BCUT2D eigenvalue weighted by atomic mass is 16.5. The van der Waals surface area contributed by atoms with E-state index in [4.69, 9.17) is 9.47 Å². The van der Waals surface area contributed by atoms with Crippen LogP contribution in [-0.2, 0) is 14.3 Å². The van der Waals surface area contributed by atoms with Crippen LogP contribution in [0.3, 0.4) is 0 Å². The van der Waals surface area contributed by atoms with Crippen LogP contribution < -0.4 is 0 Å². The van der Waals surface area contributed by atoms with Gasteiger partial charge in [0.25, 0.3) is 0 Å². The van der Waals surface area contributed by atoms with Crippen molar-refractivity contribution in [2.24, 2.45) is 11.3 Å². The van der Waals surface area contributed by atoms with E-state index in [1.165, 1.54) is 0 Å². The van der Waals surface area contributed by atoms with Crippen LogP contribution >= 0.6 is 0 Å². The SMILES string of the molecule is CCOC(=O)C1(C2(O)COC(C)(C)C2)CC1C. The molecule has 1 N–H and O–H groups in total. The van der Waals surface area contributed by atoms with Gasteiger partial charge in [-0.15, -0.1) is 0 Å². The summed E-state index contributed by atoms with van der Waals surface area (Å²) in [5.41, 5.74) is -2.17. The fraction of sp³-hybridized carbons (Fsp3) is 0.923. The largest absolute Gasteiger partial charge is 0.465 e. The van der Waals surface area contributed by atoms with E-state index in [0.29, 0.717) is 19.4 Å². The first-order chi connectivity index (χ1) is 7.77. The lowest BCUT2D eigenvalue weighted by molar-refractivity contribution is -0.163. The van der Waals surface area contributed by atoms with Crippen molar-refractivity contribution in [2.45, 2.75) is 51.7 Å². The molecule has 0 spiro atoms. The van der Waals surface area contributed by atoms with Gasteiger partial charge in [0.1, 0.15) is 11.0 Å². The van der Waals surface area contributed by atoms with Gasteiger partial charge in [-0.1, -0.05) is 6.92 Å². The summed E-state index contributed by atoms with van der Waals surface area (Å²) in [5.74, 6) is -0.0969. The van der Waals surface area contributed by atoms with Crippen LogP contribution in [0, 0.1) is 11.3 Å². The van der Waals surface area contributed by atoms with Gasteiger partial charge in [0, 0.05) is 6.42 Å². The molecule has 4 heteroatoms. The topological polar surface area (TPSA) is 55.8 Å². The molecule has 2 fully saturated rings. The third kappa shape index (κ3) is 1.78. The van der Waals surface area contributed by atoms with Gasteiger partial charge < -0.3 is 14.6 Å². The van der Waals surface area contributed by atoms with Crippen LogP contribution in [0.1, 0.15) is 40.5 Å². The Morgan fingerprint density at radius 1 is 1.53 bits per heavy atom. The Bertz CT molecular complexity index is 338. The minimum atomic E-state index is -1.07. The molecule has 1 aliphatic heterocycles. The zero-order valence-electron chi connectivity index (χ0n) is 11.1. The number of ether oxygens (including phenoxy) is 2. The predicted octanol–water partition coefficient (Wildman–Crippen LogP) is 1.51. The minimum Gasteiger partial charge on any atom is -0.465 e. The second-order valence-corrected chi connectivity index (χ2v) is 6.05. The van der Waals surface area contributed by atoms with E-state index in [9.17, 15) is 9.90 Å². The normalized spacial score (nSPS) is 43.5. The van der Waals surface area contributed by atoms with E-state index >= 15 is 0 Å². The lowest BCUT2D eigenvalue weighted by atomic mass is 9.78. The van der Waals surface area contributed by atoms with Crippen molar-refractivity contribution in [2.75, 3.05) is 13.2 Å². The molecular weight excluding hydrogens is 220 g/mol. The fourth-order valence-electron chi connectivity index (χ4n) is 3.21. The highest BCUT2D eigenvalue weighted by Crippen LogP contribution is 2.63. The zero-order chi connectivity index (χ0) is 12.9. The Kier molecular flexibility index (Phi) is 2.79. The monoisotopic (exact) mass is 242 g/mol. The van der Waals surface area contributed by atoms with Crippen molar-refractivity contribution in [3.05, 3.63) is 0 Å². The summed E-state index contributed by atoms with van der Waals surface area (Å²) < 4.78 is 10.7. The van der Waals surface area contributed by atoms with Gasteiger partial charge in [0.15, 0.2) is 0 Å². The van der Waals surface area contributed by atoms with E-state index in [-0.39, 0.29) is 24.1 Å². The van der Waals surface area contributed by atoms with Gasteiger partial charge in [-0.25, -0.2) is 0 Å². The number of aliphatic hydroxyl groups is 1. The molecule has 2 rings (SSSR count). The molecule has 0 aromatic heterocycles. The highest BCUT2D eigenvalue weighted by Gasteiger charge is 2.72. The van der Waals surface area contributed by atoms with Crippen LogP contribution in [0.25, 0.3) is 0 Å². The third-order valence-corrected chi connectivity index (χ3v) is 4.20. The summed E-state index contributed by atoms with van der Waals surface area (Å²) in [7, 11) is 0. The number of rotatable bonds is 3. The molecule has 3 unspecified atom stereocenters. The van der Waals surface area contributed by atoms with Crippen LogP contribution in [0.4, 0.5) is 0 Å². The van der Waals surface area contributed by atoms with Crippen LogP contribution in [0.15, 0.2) is 0 Å². The number of carbonyl (C=O) groups is 1. The number of carbonyl (C=O) groups excluding carboxylic acids is 1. The van der Waals surface area contributed by atoms with Crippen LogP contribution in [0.2, 0.25) is 0 Å². The van der Waals surface area contributed by atoms with Crippen molar-refractivity contribution < 1.29 is 19.4 Å². The smallest absolute Gasteiger partial charge is 0.315 e. The summed E-state index contributed by atoms with van der Waals surface area (Å²) in [6.07, 6.45) is 1.19. The standard InChI is InChI=1S/C13H22O4/c1-5-16-10(14)13(6-9(13)2)12(15)7-11(3,4)17-8-12/h9,15H,5-8H2,1-4H3. The number of esters is 1. The van der Waals surface area contributed by atoms with Gasteiger partial charge in [0.05, 0.1) is 18.8 Å². The summed E-state index contributed by atoms with van der Waals surface area (Å²) in [6, 6.07) is 0. The second kappa shape index (κ2) is 3.69. The molecule has 1 aliphatic carbocycles. The molecule has 4 nitrogen and oxygen atoms in total. The molecule has 0 bridgehead atoms.